The molecule has 1 aromatic carbocycles. The van der Waals surface area contributed by atoms with Gasteiger partial charge in [-0.25, -0.2) is 4.98 Å². The lowest BCUT2D eigenvalue weighted by Gasteiger charge is -2.11. The van der Waals surface area contributed by atoms with Crippen molar-refractivity contribution in [3.8, 4) is 6.07 Å². The highest BCUT2D eigenvalue weighted by atomic mass is 79.9. The summed E-state index contributed by atoms with van der Waals surface area (Å²) in [5.41, 5.74) is -1.58. The smallest absolute Gasteiger partial charge is 0.345 e. The first-order valence-electron chi connectivity index (χ1n) is 6.87. The maximum atomic E-state index is 12.9. The van der Waals surface area contributed by atoms with Gasteiger partial charge < -0.3 is 10.6 Å². The third kappa shape index (κ3) is 5.21. The van der Waals surface area contributed by atoms with Gasteiger partial charge in [0.2, 0.25) is 0 Å². The number of carbonyl (C=O) groups excluding carboxylic acids is 1. The van der Waals surface area contributed by atoms with Crippen LogP contribution in [0.1, 0.15) is 5.56 Å². The minimum atomic E-state index is -4.67. The number of carbonyl (C=O) groups is 1. The molecule has 2 N–H and O–H groups in total. The molecule has 0 radical (unpaired) electrons. The Balaban J connectivity index is 2.17. The van der Waals surface area contributed by atoms with Crippen molar-refractivity contribution in [2.24, 2.45) is 0 Å². The van der Waals surface area contributed by atoms with Crippen molar-refractivity contribution in [2.45, 2.75) is 6.18 Å². The average Bonchev–Trinajstić information content (AvgIpc) is 2.56. The first kappa shape index (κ1) is 19.8. The predicted molar refractivity (Wildman–Crippen MR) is 94.3 cm³/mol. The normalized spacial score (nSPS) is 11.6. The highest BCUT2D eigenvalue weighted by Crippen LogP contribution is 2.36. The summed E-state index contributed by atoms with van der Waals surface area (Å²) in [5, 5.41) is 13.5. The van der Waals surface area contributed by atoms with E-state index in [1.54, 1.807) is 18.2 Å². The van der Waals surface area contributed by atoms with Crippen molar-refractivity contribution in [1.82, 2.24) is 4.98 Å². The van der Waals surface area contributed by atoms with Gasteiger partial charge in [0.05, 0.1) is 10.6 Å². The molecule has 26 heavy (non-hydrogen) atoms. The number of nitriles is 1. The Morgan fingerprint density at radius 2 is 2.04 bits per heavy atom. The number of nitrogens with zero attached hydrogens (tertiary/aromatic N) is 2. The second-order valence-electron chi connectivity index (χ2n) is 4.82. The Bertz CT molecular complexity index is 909. The molecule has 134 valence electrons. The van der Waals surface area contributed by atoms with Crippen molar-refractivity contribution in [3.63, 3.8) is 0 Å². The van der Waals surface area contributed by atoms with Gasteiger partial charge in [0.1, 0.15) is 17.5 Å². The first-order chi connectivity index (χ1) is 12.2. The summed E-state index contributed by atoms with van der Waals surface area (Å²) in [7, 11) is 0. The average molecular weight is 446 g/mol. The number of hydrogen-bond acceptors (Lipinski definition) is 4. The number of anilines is 2. The van der Waals surface area contributed by atoms with Crippen LogP contribution in [-0.4, -0.2) is 10.9 Å². The number of nitrogens with one attached hydrogen (secondary N) is 2. The van der Waals surface area contributed by atoms with Crippen LogP contribution in [0.3, 0.4) is 0 Å². The van der Waals surface area contributed by atoms with Crippen LogP contribution >= 0.6 is 27.5 Å². The largest absolute Gasteiger partial charge is 0.417 e. The Morgan fingerprint density at radius 1 is 1.31 bits per heavy atom. The van der Waals surface area contributed by atoms with Gasteiger partial charge >= 0.3 is 6.18 Å². The molecular weight excluding hydrogens is 437 g/mol. The van der Waals surface area contributed by atoms with Crippen LogP contribution in [0.5, 0.6) is 0 Å². The molecule has 0 aliphatic rings. The van der Waals surface area contributed by atoms with Gasteiger partial charge in [-0.15, -0.1) is 0 Å². The summed E-state index contributed by atoms with van der Waals surface area (Å²) in [5.74, 6) is -0.517. The number of benzene rings is 1. The fraction of sp³-hybridized carbons (Fsp3) is 0.0625. The summed E-state index contributed by atoms with van der Waals surface area (Å²) in [6.45, 7) is 0. The minimum Gasteiger partial charge on any atom is -0.345 e. The molecular formula is C16H9BrClF3N4O. The number of alkyl halides is 3. The van der Waals surface area contributed by atoms with E-state index < -0.39 is 22.7 Å². The van der Waals surface area contributed by atoms with Crippen molar-refractivity contribution in [2.75, 3.05) is 10.6 Å². The molecule has 2 aromatic rings. The lowest BCUT2D eigenvalue weighted by molar-refractivity contribution is -0.137. The fourth-order valence-corrected chi connectivity index (χ4v) is 2.36. The van der Waals surface area contributed by atoms with Crippen LogP contribution in [0.15, 0.2) is 52.8 Å². The molecule has 0 bridgehead atoms. The second kappa shape index (κ2) is 8.21. The number of halogens is 5. The van der Waals surface area contributed by atoms with E-state index in [-0.39, 0.29) is 11.3 Å². The molecule has 0 fully saturated rings. The molecule has 5 nitrogen and oxygen atoms in total. The van der Waals surface area contributed by atoms with E-state index in [0.717, 1.165) is 16.7 Å². The summed E-state index contributed by atoms with van der Waals surface area (Å²) >= 11 is 8.76. The van der Waals surface area contributed by atoms with Crippen molar-refractivity contribution >= 4 is 44.9 Å². The lowest BCUT2D eigenvalue weighted by Crippen LogP contribution is -2.15. The number of aromatic nitrogens is 1. The molecule has 0 unspecified atom stereocenters. The van der Waals surface area contributed by atoms with E-state index in [0.29, 0.717) is 11.9 Å². The van der Waals surface area contributed by atoms with Crippen LogP contribution in [0.25, 0.3) is 0 Å². The molecule has 2 rings (SSSR count). The SMILES string of the molecule is N#C/C(=C/Nc1cc(Br)ccn1)C(=O)Nc1ccc(Cl)c(C(F)(F)F)c1. The molecule has 0 saturated heterocycles. The van der Waals surface area contributed by atoms with Crippen LogP contribution in [-0.2, 0) is 11.0 Å². The number of amides is 1. The second-order valence-corrected chi connectivity index (χ2v) is 6.14. The van der Waals surface area contributed by atoms with E-state index in [1.807, 2.05) is 0 Å². The zero-order valence-corrected chi connectivity index (χ0v) is 15.1. The van der Waals surface area contributed by atoms with E-state index in [2.05, 4.69) is 31.5 Å². The summed E-state index contributed by atoms with van der Waals surface area (Å²) in [6.07, 6.45) is -2.07. The summed E-state index contributed by atoms with van der Waals surface area (Å²) < 4.78 is 39.3. The molecule has 1 heterocycles. The van der Waals surface area contributed by atoms with E-state index >= 15 is 0 Å². The van der Waals surface area contributed by atoms with E-state index in [4.69, 9.17) is 16.9 Å². The monoisotopic (exact) mass is 444 g/mol. The zero-order valence-electron chi connectivity index (χ0n) is 12.7. The van der Waals surface area contributed by atoms with Gasteiger partial charge in [0.25, 0.3) is 5.91 Å². The minimum absolute atomic E-state index is 0.145. The van der Waals surface area contributed by atoms with Crippen molar-refractivity contribution < 1.29 is 18.0 Å². The van der Waals surface area contributed by atoms with Crippen LogP contribution in [0, 0.1) is 11.3 Å². The standard InChI is InChI=1S/C16H9BrClF3N4O/c17-10-3-4-23-14(5-10)24-8-9(7-22)15(26)25-11-1-2-13(18)12(6-11)16(19,20)21/h1-6,8H,(H,23,24)(H,25,26)/b9-8-. The lowest BCUT2D eigenvalue weighted by atomic mass is 10.2. The Morgan fingerprint density at radius 3 is 2.65 bits per heavy atom. The van der Waals surface area contributed by atoms with Gasteiger partial charge in [-0.1, -0.05) is 27.5 Å². The Kier molecular flexibility index (Phi) is 6.23. The maximum Gasteiger partial charge on any atom is 0.417 e. The summed E-state index contributed by atoms with van der Waals surface area (Å²) in [6, 6.07) is 7.87. The van der Waals surface area contributed by atoms with Crippen LogP contribution in [0.2, 0.25) is 5.02 Å². The highest BCUT2D eigenvalue weighted by molar-refractivity contribution is 9.10. The van der Waals surface area contributed by atoms with Gasteiger partial charge in [-0.2, -0.15) is 18.4 Å². The number of hydrogen-bond donors (Lipinski definition) is 2. The first-order valence-corrected chi connectivity index (χ1v) is 8.04. The third-order valence-corrected chi connectivity index (χ3v) is 3.80. The van der Waals surface area contributed by atoms with Crippen molar-refractivity contribution in [3.05, 3.63) is 63.4 Å². The third-order valence-electron chi connectivity index (χ3n) is 2.98. The highest BCUT2D eigenvalue weighted by Gasteiger charge is 2.33. The molecule has 0 atom stereocenters. The number of pyridine rings is 1. The van der Waals surface area contributed by atoms with Crippen LogP contribution < -0.4 is 10.6 Å². The molecule has 1 amide bonds. The maximum absolute atomic E-state index is 12.9. The molecule has 1 aromatic heterocycles. The molecule has 10 heteroatoms. The van der Waals surface area contributed by atoms with Gasteiger partial charge in [-0.3, -0.25) is 4.79 Å². The Hall–Kier alpha value is -2.57. The molecule has 0 spiro atoms. The topological polar surface area (TPSA) is 77.8 Å². The predicted octanol–water partition coefficient (Wildman–Crippen LogP) is 4.97. The van der Waals surface area contributed by atoms with Gasteiger partial charge in [0.15, 0.2) is 0 Å². The van der Waals surface area contributed by atoms with E-state index in [9.17, 15) is 18.0 Å². The van der Waals surface area contributed by atoms with Gasteiger partial charge in [-0.05, 0) is 30.3 Å². The number of rotatable bonds is 4. The zero-order chi connectivity index (χ0) is 19.3. The van der Waals surface area contributed by atoms with Gasteiger partial charge in [0, 0.05) is 22.6 Å². The fourth-order valence-electron chi connectivity index (χ4n) is 1.80. The quantitative estimate of drug-likeness (QED) is 0.514. The Labute approximate surface area is 159 Å². The van der Waals surface area contributed by atoms with Crippen molar-refractivity contribution in [1.29, 1.82) is 5.26 Å². The van der Waals surface area contributed by atoms with Crippen LogP contribution in [0.4, 0.5) is 24.7 Å². The molecule has 0 aliphatic carbocycles. The van der Waals surface area contributed by atoms with E-state index in [1.165, 1.54) is 12.3 Å². The summed E-state index contributed by atoms with van der Waals surface area (Å²) in [4.78, 5) is 16.1. The molecule has 0 saturated carbocycles. The molecule has 0 aliphatic heterocycles.